The summed E-state index contributed by atoms with van der Waals surface area (Å²) in [6, 6.07) is 5.10. The standard InChI is InChI=1S/C10H9F3IN/c11-10(12,13)8-5-15-4-7-6(8)2-1-3-9(7)14/h1-3,8,15H,4-5H2/t8-/m0/s1. The maximum Gasteiger partial charge on any atom is 0.396 e. The lowest BCUT2D eigenvalue weighted by molar-refractivity contribution is -0.150. The summed E-state index contributed by atoms with van der Waals surface area (Å²) in [5, 5.41) is 2.81. The number of rotatable bonds is 0. The first kappa shape index (κ1) is 11.2. The van der Waals surface area contributed by atoms with Crippen molar-refractivity contribution in [2.24, 2.45) is 0 Å². The van der Waals surface area contributed by atoms with Gasteiger partial charge in [0.15, 0.2) is 0 Å². The van der Waals surface area contributed by atoms with Crippen molar-refractivity contribution >= 4 is 22.6 Å². The summed E-state index contributed by atoms with van der Waals surface area (Å²) in [4.78, 5) is 0. The lowest BCUT2D eigenvalue weighted by Gasteiger charge is -2.28. The SMILES string of the molecule is FC(F)(F)[C@H]1CNCc2c(I)cccc21. The zero-order valence-electron chi connectivity index (χ0n) is 7.74. The molecule has 0 spiro atoms. The smallest absolute Gasteiger partial charge is 0.312 e. The van der Waals surface area contributed by atoms with E-state index in [1.165, 1.54) is 0 Å². The van der Waals surface area contributed by atoms with Crippen molar-refractivity contribution in [3.8, 4) is 0 Å². The van der Waals surface area contributed by atoms with Gasteiger partial charge in [0.2, 0.25) is 0 Å². The van der Waals surface area contributed by atoms with Crippen molar-refractivity contribution in [3.63, 3.8) is 0 Å². The second kappa shape index (κ2) is 3.93. The first-order valence-corrected chi connectivity index (χ1v) is 5.62. The van der Waals surface area contributed by atoms with E-state index in [2.05, 4.69) is 27.9 Å². The second-order valence-electron chi connectivity index (χ2n) is 3.53. The van der Waals surface area contributed by atoms with Crippen molar-refractivity contribution in [2.75, 3.05) is 6.54 Å². The molecule has 15 heavy (non-hydrogen) atoms. The first-order chi connectivity index (χ1) is 7.00. The molecule has 1 aliphatic rings. The van der Waals surface area contributed by atoms with Crippen molar-refractivity contribution < 1.29 is 13.2 Å². The van der Waals surface area contributed by atoms with Crippen LogP contribution in [-0.4, -0.2) is 12.7 Å². The fourth-order valence-corrected chi connectivity index (χ4v) is 2.54. The highest BCUT2D eigenvalue weighted by atomic mass is 127. The zero-order valence-corrected chi connectivity index (χ0v) is 9.89. The van der Waals surface area contributed by atoms with Crippen molar-refractivity contribution in [1.29, 1.82) is 0 Å². The summed E-state index contributed by atoms with van der Waals surface area (Å²) in [6.45, 7) is 0.512. The Morgan fingerprint density at radius 1 is 1.33 bits per heavy atom. The Labute approximate surface area is 99.2 Å². The second-order valence-corrected chi connectivity index (χ2v) is 4.69. The van der Waals surface area contributed by atoms with Gasteiger partial charge in [-0.1, -0.05) is 12.1 Å². The van der Waals surface area contributed by atoms with E-state index in [1.54, 1.807) is 12.1 Å². The summed E-state index contributed by atoms with van der Waals surface area (Å²) in [5.74, 6) is -1.36. The normalized spacial score (nSPS) is 21.2. The predicted molar refractivity (Wildman–Crippen MR) is 59.7 cm³/mol. The van der Waals surface area contributed by atoms with Crippen LogP contribution in [0.1, 0.15) is 17.0 Å². The van der Waals surface area contributed by atoms with Crippen molar-refractivity contribution in [3.05, 3.63) is 32.9 Å². The number of fused-ring (bicyclic) bond motifs is 1. The molecule has 82 valence electrons. The Balaban J connectivity index is 2.48. The van der Waals surface area contributed by atoms with E-state index in [0.717, 1.165) is 9.13 Å². The Kier molecular flexibility index (Phi) is 2.94. The van der Waals surface area contributed by atoms with E-state index >= 15 is 0 Å². The van der Waals surface area contributed by atoms with Gasteiger partial charge in [-0.2, -0.15) is 13.2 Å². The molecule has 0 radical (unpaired) electrons. The van der Waals surface area contributed by atoms with Crippen LogP contribution >= 0.6 is 22.6 Å². The van der Waals surface area contributed by atoms with Crippen LogP contribution in [0.4, 0.5) is 13.2 Å². The molecule has 0 amide bonds. The van der Waals surface area contributed by atoms with Crippen LogP contribution in [0.25, 0.3) is 0 Å². The topological polar surface area (TPSA) is 12.0 Å². The molecule has 0 aliphatic carbocycles. The lowest BCUT2D eigenvalue weighted by Crippen LogP contribution is -2.36. The molecule has 1 aliphatic heterocycles. The number of nitrogens with one attached hydrogen (secondary N) is 1. The first-order valence-electron chi connectivity index (χ1n) is 4.55. The van der Waals surface area contributed by atoms with E-state index < -0.39 is 12.1 Å². The fourth-order valence-electron chi connectivity index (χ4n) is 1.83. The number of alkyl halides is 3. The van der Waals surface area contributed by atoms with Crippen molar-refractivity contribution in [1.82, 2.24) is 5.32 Å². The number of hydrogen-bond acceptors (Lipinski definition) is 1. The van der Waals surface area contributed by atoms with Crippen LogP contribution < -0.4 is 5.32 Å². The van der Waals surface area contributed by atoms with Gasteiger partial charge in [0.25, 0.3) is 0 Å². The Hall–Kier alpha value is -0.300. The summed E-state index contributed by atoms with van der Waals surface area (Å²) in [6.07, 6.45) is -4.16. The molecule has 1 N–H and O–H groups in total. The van der Waals surface area contributed by atoms with E-state index in [4.69, 9.17) is 0 Å². The molecule has 0 saturated heterocycles. The van der Waals surface area contributed by atoms with Gasteiger partial charge in [-0.05, 0) is 39.8 Å². The maximum atomic E-state index is 12.7. The minimum absolute atomic E-state index is 0.0173. The van der Waals surface area contributed by atoms with Crippen LogP contribution in [0.15, 0.2) is 18.2 Å². The minimum atomic E-state index is -4.16. The third kappa shape index (κ3) is 2.13. The van der Waals surface area contributed by atoms with Gasteiger partial charge in [0.05, 0.1) is 5.92 Å². The minimum Gasteiger partial charge on any atom is -0.312 e. The van der Waals surface area contributed by atoms with Crippen LogP contribution in [-0.2, 0) is 6.54 Å². The molecule has 0 fully saturated rings. The van der Waals surface area contributed by atoms with Crippen LogP contribution in [0, 0.1) is 3.57 Å². The Bertz CT molecular complexity index is 375. The van der Waals surface area contributed by atoms with Gasteiger partial charge >= 0.3 is 6.18 Å². The summed E-state index contributed by atoms with van der Waals surface area (Å²) in [5.41, 5.74) is 1.21. The molecular formula is C10H9F3IN. The highest BCUT2D eigenvalue weighted by Crippen LogP contribution is 2.38. The quantitative estimate of drug-likeness (QED) is 0.723. The van der Waals surface area contributed by atoms with Crippen LogP contribution in [0.3, 0.4) is 0 Å². The monoisotopic (exact) mass is 327 g/mol. The molecule has 2 rings (SSSR count). The molecule has 1 heterocycles. The zero-order chi connectivity index (χ0) is 11.1. The van der Waals surface area contributed by atoms with Crippen LogP contribution in [0.2, 0.25) is 0 Å². The van der Waals surface area contributed by atoms with Crippen LogP contribution in [0.5, 0.6) is 0 Å². The molecule has 0 saturated carbocycles. The fraction of sp³-hybridized carbons (Fsp3) is 0.400. The molecule has 1 aromatic carbocycles. The number of hydrogen-bond donors (Lipinski definition) is 1. The summed E-state index contributed by atoms with van der Waals surface area (Å²) in [7, 11) is 0. The number of benzene rings is 1. The van der Waals surface area contributed by atoms with Gasteiger partial charge in [-0.3, -0.25) is 0 Å². The maximum absolute atomic E-state index is 12.7. The average Bonchev–Trinajstić information content (AvgIpc) is 2.16. The molecule has 1 aromatic rings. The highest BCUT2D eigenvalue weighted by Gasteiger charge is 2.42. The third-order valence-corrected chi connectivity index (χ3v) is 3.59. The third-order valence-electron chi connectivity index (χ3n) is 2.58. The molecule has 1 atom stereocenters. The summed E-state index contributed by atoms with van der Waals surface area (Å²) >= 11 is 2.07. The van der Waals surface area contributed by atoms with E-state index in [-0.39, 0.29) is 6.54 Å². The van der Waals surface area contributed by atoms with E-state index in [9.17, 15) is 13.2 Å². The largest absolute Gasteiger partial charge is 0.396 e. The predicted octanol–water partition coefficient (Wildman–Crippen LogP) is 3.04. The molecule has 5 heteroatoms. The van der Waals surface area contributed by atoms with Gasteiger partial charge in [0.1, 0.15) is 0 Å². The average molecular weight is 327 g/mol. The Morgan fingerprint density at radius 2 is 2.07 bits per heavy atom. The summed E-state index contributed by atoms with van der Waals surface area (Å²) < 4.78 is 39.0. The Morgan fingerprint density at radius 3 is 2.73 bits per heavy atom. The van der Waals surface area contributed by atoms with E-state index in [0.29, 0.717) is 12.1 Å². The molecule has 0 aromatic heterocycles. The van der Waals surface area contributed by atoms with E-state index in [1.807, 2.05) is 6.07 Å². The molecular weight excluding hydrogens is 318 g/mol. The van der Waals surface area contributed by atoms with Gasteiger partial charge < -0.3 is 5.32 Å². The lowest BCUT2D eigenvalue weighted by atomic mass is 9.90. The molecule has 0 bridgehead atoms. The van der Waals surface area contributed by atoms with Crippen molar-refractivity contribution in [2.45, 2.75) is 18.6 Å². The van der Waals surface area contributed by atoms with Gasteiger partial charge in [0, 0.05) is 16.7 Å². The highest BCUT2D eigenvalue weighted by molar-refractivity contribution is 14.1. The van der Waals surface area contributed by atoms with Gasteiger partial charge in [-0.25, -0.2) is 0 Å². The number of halogens is 4. The molecule has 1 nitrogen and oxygen atoms in total. The van der Waals surface area contributed by atoms with Gasteiger partial charge in [-0.15, -0.1) is 0 Å². The molecule has 0 unspecified atom stereocenters.